The first-order chi connectivity index (χ1) is 12.9. The molecule has 5 N–H and O–H groups in total. The molecule has 2 aromatic rings. The summed E-state index contributed by atoms with van der Waals surface area (Å²) >= 11 is 0. The maximum atomic E-state index is 11.8. The van der Waals surface area contributed by atoms with Gasteiger partial charge in [0.25, 0.3) is 0 Å². The van der Waals surface area contributed by atoms with Crippen molar-refractivity contribution in [1.82, 2.24) is 0 Å². The summed E-state index contributed by atoms with van der Waals surface area (Å²) in [5, 5.41) is 30.6. The van der Waals surface area contributed by atoms with Crippen LogP contribution in [0.2, 0.25) is 5.82 Å². The molecule has 27 heavy (non-hydrogen) atoms. The Balaban J connectivity index is 1.70. The minimum atomic E-state index is -1.46. The van der Waals surface area contributed by atoms with E-state index in [-0.39, 0.29) is 18.3 Å². The number of phenolic OH excluding ortho intramolecular Hbond substituents is 1. The van der Waals surface area contributed by atoms with Crippen LogP contribution >= 0.6 is 0 Å². The van der Waals surface area contributed by atoms with E-state index in [0.29, 0.717) is 31.6 Å². The highest BCUT2D eigenvalue weighted by molar-refractivity contribution is 6.15. The van der Waals surface area contributed by atoms with Crippen molar-refractivity contribution < 1.29 is 20.1 Å². The molecular weight excluding hydrogens is 341 g/mol. The van der Waals surface area contributed by atoms with Gasteiger partial charge in [0, 0.05) is 6.61 Å². The van der Waals surface area contributed by atoms with Gasteiger partial charge in [-0.3, -0.25) is 4.79 Å². The van der Waals surface area contributed by atoms with Crippen LogP contribution in [0.15, 0.2) is 36.4 Å². The van der Waals surface area contributed by atoms with Crippen LogP contribution in [0.4, 0.5) is 0 Å². The lowest BCUT2D eigenvalue weighted by atomic mass is 9.55. The zero-order valence-electron chi connectivity index (χ0n) is 15.3. The Labute approximate surface area is 160 Å². The summed E-state index contributed by atoms with van der Waals surface area (Å²) < 4.78 is 0. The van der Waals surface area contributed by atoms with Gasteiger partial charge >= 0.3 is 5.97 Å². The van der Waals surface area contributed by atoms with Gasteiger partial charge in [-0.2, -0.15) is 0 Å². The van der Waals surface area contributed by atoms with Gasteiger partial charge in [-0.05, 0) is 71.8 Å². The predicted molar refractivity (Wildman–Crippen MR) is 106 cm³/mol. The second-order valence-electron chi connectivity index (χ2n) is 7.77. The lowest BCUT2D eigenvalue weighted by Gasteiger charge is -2.48. The molecule has 3 rings (SSSR count). The number of fused-ring (bicyclic) bond motifs is 1. The number of benzene rings is 2. The fourth-order valence-corrected chi connectivity index (χ4v) is 4.29. The second-order valence-corrected chi connectivity index (χ2v) is 7.77. The Morgan fingerprint density at radius 3 is 2.70 bits per heavy atom. The lowest BCUT2D eigenvalue weighted by molar-refractivity contribution is -0.148. The normalized spacial score (nSPS) is 22.7. The highest BCUT2D eigenvalue weighted by Crippen LogP contribution is 2.47. The highest BCUT2D eigenvalue weighted by Gasteiger charge is 2.51. The fraction of sp³-hybridized carbons (Fsp3) is 0.476. The van der Waals surface area contributed by atoms with Gasteiger partial charge in [0.1, 0.15) is 11.3 Å². The fourth-order valence-electron chi connectivity index (χ4n) is 4.29. The third-order valence-corrected chi connectivity index (χ3v) is 6.03. The molecule has 0 aliphatic heterocycles. The maximum Gasteiger partial charge on any atom is 0.323 e. The number of hydrogen-bond donors (Lipinski definition) is 4. The zero-order chi connectivity index (χ0) is 19.6. The van der Waals surface area contributed by atoms with Gasteiger partial charge in [-0.25, -0.2) is 0 Å². The molecule has 6 heteroatoms. The molecule has 5 nitrogen and oxygen atoms in total. The number of aliphatic carboxylic acids is 1. The van der Waals surface area contributed by atoms with Crippen LogP contribution in [0, 0.1) is 11.8 Å². The molecule has 142 valence electrons. The summed E-state index contributed by atoms with van der Waals surface area (Å²) in [6, 6.07) is 11.4. The van der Waals surface area contributed by atoms with Crippen molar-refractivity contribution in [2.45, 2.75) is 43.5 Å². The summed E-state index contributed by atoms with van der Waals surface area (Å²) in [4.78, 5) is 11.8. The number of rotatable bonds is 8. The van der Waals surface area contributed by atoms with Crippen molar-refractivity contribution in [2.24, 2.45) is 17.6 Å². The quantitative estimate of drug-likeness (QED) is 0.537. The van der Waals surface area contributed by atoms with E-state index in [4.69, 9.17) is 18.7 Å². The molecule has 1 fully saturated rings. The van der Waals surface area contributed by atoms with E-state index in [1.54, 1.807) is 12.1 Å². The van der Waals surface area contributed by atoms with E-state index in [2.05, 4.69) is 6.07 Å². The molecule has 1 saturated carbocycles. The van der Waals surface area contributed by atoms with E-state index in [9.17, 15) is 15.0 Å². The SMILES string of the molecule is [B]C(CCCO)C(N)(C(=O)O)C1CC(Cc2cccc3ccc(O)cc23)C1. The molecule has 2 atom stereocenters. The average Bonchev–Trinajstić information content (AvgIpc) is 2.61. The van der Waals surface area contributed by atoms with Crippen molar-refractivity contribution >= 4 is 24.6 Å². The number of phenols is 1. The first-order valence-corrected chi connectivity index (χ1v) is 9.45. The van der Waals surface area contributed by atoms with Gasteiger partial charge in [-0.15, -0.1) is 0 Å². The van der Waals surface area contributed by atoms with Gasteiger partial charge < -0.3 is 21.1 Å². The van der Waals surface area contributed by atoms with Gasteiger partial charge in [0.05, 0.1) is 7.85 Å². The number of aliphatic hydroxyl groups excluding tert-OH is 1. The molecule has 0 bridgehead atoms. The molecule has 2 radical (unpaired) electrons. The molecule has 0 amide bonds. The van der Waals surface area contributed by atoms with E-state index in [1.165, 1.54) is 0 Å². The van der Waals surface area contributed by atoms with Crippen molar-refractivity contribution in [3.05, 3.63) is 42.0 Å². The van der Waals surface area contributed by atoms with E-state index >= 15 is 0 Å². The Morgan fingerprint density at radius 2 is 2.04 bits per heavy atom. The third kappa shape index (κ3) is 3.82. The molecule has 2 unspecified atom stereocenters. The molecule has 2 aromatic carbocycles. The molecule has 0 aromatic heterocycles. The zero-order valence-corrected chi connectivity index (χ0v) is 15.3. The van der Waals surface area contributed by atoms with E-state index in [0.717, 1.165) is 22.8 Å². The minimum Gasteiger partial charge on any atom is -0.508 e. The monoisotopic (exact) mass is 367 g/mol. The van der Waals surface area contributed by atoms with Crippen LogP contribution in [0.3, 0.4) is 0 Å². The van der Waals surface area contributed by atoms with Crippen molar-refractivity contribution in [2.75, 3.05) is 6.61 Å². The van der Waals surface area contributed by atoms with Crippen molar-refractivity contribution in [3.8, 4) is 5.75 Å². The van der Waals surface area contributed by atoms with Crippen molar-refractivity contribution in [3.63, 3.8) is 0 Å². The first kappa shape index (κ1) is 19.7. The molecule has 1 aliphatic rings. The summed E-state index contributed by atoms with van der Waals surface area (Å²) in [6.07, 6.45) is 3.08. The first-order valence-electron chi connectivity index (χ1n) is 9.45. The van der Waals surface area contributed by atoms with Crippen LogP contribution < -0.4 is 5.73 Å². The maximum absolute atomic E-state index is 11.8. The number of carboxylic acid groups (broad SMARTS) is 1. The Kier molecular flexibility index (Phi) is 5.77. The number of aliphatic hydroxyl groups is 1. The minimum absolute atomic E-state index is 0.0232. The summed E-state index contributed by atoms with van der Waals surface area (Å²) in [5.74, 6) is -1.33. The highest BCUT2D eigenvalue weighted by atomic mass is 16.4. The van der Waals surface area contributed by atoms with E-state index in [1.807, 2.05) is 18.2 Å². The van der Waals surface area contributed by atoms with Gasteiger partial charge in [-0.1, -0.05) is 30.7 Å². The Bertz CT molecular complexity index is 821. The van der Waals surface area contributed by atoms with E-state index < -0.39 is 17.3 Å². The predicted octanol–water partition coefficient (Wildman–Crippen LogP) is 2.63. The van der Waals surface area contributed by atoms with Crippen LogP contribution in [-0.2, 0) is 11.2 Å². The van der Waals surface area contributed by atoms with Crippen LogP contribution in [0.5, 0.6) is 5.75 Å². The number of carboxylic acids is 1. The molecule has 0 spiro atoms. The van der Waals surface area contributed by atoms with Crippen LogP contribution in [0.25, 0.3) is 10.8 Å². The van der Waals surface area contributed by atoms with Crippen LogP contribution in [-0.4, -0.2) is 41.3 Å². The van der Waals surface area contributed by atoms with Gasteiger partial charge in [0.2, 0.25) is 0 Å². The Hall–Kier alpha value is -2.05. The van der Waals surface area contributed by atoms with Crippen LogP contribution in [0.1, 0.15) is 31.2 Å². The number of hydrogen-bond acceptors (Lipinski definition) is 4. The largest absolute Gasteiger partial charge is 0.508 e. The Morgan fingerprint density at radius 1 is 1.30 bits per heavy atom. The number of nitrogens with two attached hydrogens (primary N) is 1. The standard InChI is InChI=1S/C21H26BNO4/c22-19(5-2-8-24)21(23,20(26)27)16-10-13(11-16)9-15-4-1-3-14-6-7-17(25)12-18(14)15/h1,3-4,6-7,12-13,16,19,24-25H,2,5,8-11,23H2,(H,26,27). The third-order valence-electron chi connectivity index (χ3n) is 6.03. The van der Waals surface area contributed by atoms with Gasteiger partial charge in [0.15, 0.2) is 0 Å². The molecule has 0 heterocycles. The summed E-state index contributed by atoms with van der Waals surface area (Å²) in [6.45, 7) is -0.0232. The van der Waals surface area contributed by atoms with Crippen molar-refractivity contribution in [1.29, 1.82) is 0 Å². The molecular formula is C21H26BNO4. The summed E-state index contributed by atoms with van der Waals surface area (Å²) in [5.41, 5.74) is 5.95. The average molecular weight is 367 g/mol. The summed E-state index contributed by atoms with van der Waals surface area (Å²) in [7, 11) is 6.09. The smallest absolute Gasteiger partial charge is 0.323 e. The second kappa shape index (κ2) is 7.91. The molecule has 1 aliphatic carbocycles. The topological polar surface area (TPSA) is 104 Å². The lowest BCUT2D eigenvalue weighted by Crippen LogP contribution is -2.61. The number of carbonyl (C=O) groups is 1. The molecule has 0 saturated heterocycles. The number of aromatic hydroxyl groups is 1.